The molecule has 0 radical (unpaired) electrons. The number of aliphatic hydroxyl groups is 2. The molecular weight excluding hydrogens is 540 g/mol. The highest BCUT2D eigenvalue weighted by molar-refractivity contribution is 5.92. The highest BCUT2D eigenvalue weighted by atomic mass is 16.3. The summed E-state index contributed by atoms with van der Waals surface area (Å²) in [4.78, 5) is 32.6. The number of anilines is 2. The molecule has 228 valence electrons. The van der Waals surface area contributed by atoms with Crippen molar-refractivity contribution >= 4 is 23.3 Å². The Morgan fingerprint density at radius 2 is 1.58 bits per heavy atom. The van der Waals surface area contributed by atoms with Gasteiger partial charge >= 0.3 is 6.03 Å². The standard InChI is InChI=1S/C35H44N4O4/c1-37(2)28-16-18-29(19-17-28)39(35(43)38-21-20-30(41)23-38)22-25-12-14-26(15-13-25)31-10-6-7-11-32(31)34(42)36-33(24-40)27-8-4-3-5-9-27/h3-5,8-9,12-19,30-33,40-41H,6-7,10-11,20-24H2,1-2H3,(H,36,42). The van der Waals surface area contributed by atoms with Crippen molar-refractivity contribution in [2.45, 2.75) is 56.7 Å². The Morgan fingerprint density at radius 3 is 2.21 bits per heavy atom. The number of carbonyl (C=O) groups excluding carboxylic acids is 2. The van der Waals surface area contributed by atoms with Crippen molar-refractivity contribution in [3.05, 3.63) is 95.6 Å². The van der Waals surface area contributed by atoms with Gasteiger partial charge in [0.1, 0.15) is 0 Å². The van der Waals surface area contributed by atoms with Gasteiger partial charge in [-0.2, -0.15) is 0 Å². The fourth-order valence-electron chi connectivity index (χ4n) is 6.38. The fourth-order valence-corrected chi connectivity index (χ4v) is 6.38. The molecule has 1 aliphatic heterocycles. The van der Waals surface area contributed by atoms with Crippen LogP contribution < -0.4 is 15.1 Å². The maximum atomic E-state index is 13.6. The number of nitrogens with zero attached hydrogens (tertiary/aromatic N) is 3. The molecule has 1 saturated heterocycles. The van der Waals surface area contributed by atoms with Crippen LogP contribution in [0.1, 0.15) is 60.8 Å². The van der Waals surface area contributed by atoms with Crippen LogP contribution in [0.3, 0.4) is 0 Å². The Bertz CT molecular complexity index is 1350. The second-order valence-electron chi connectivity index (χ2n) is 12.1. The molecule has 8 heteroatoms. The lowest BCUT2D eigenvalue weighted by Gasteiger charge is -2.32. The largest absolute Gasteiger partial charge is 0.394 e. The zero-order valence-corrected chi connectivity index (χ0v) is 25.2. The Labute approximate surface area is 254 Å². The molecule has 8 nitrogen and oxygen atoms in total. The average Bonchev–Trinajstić information content (AvgIpc) is 3.49. The van der Waals surface area contributed by atoms with Crippen molar-refractivity contribution in [3.8, 4) is 0 Å². The number of benzene rings is 3. The molecule has 0 bridgehead atoms. The molecule has 3 aromatic rings. The van der Waals surface area contributed by atoms with E-state index in [1.54, 1.807) is 9.80 Å². The smallest absolute Gasteiger partial charge is 0.324 e. The molecule has 1 saturated carbocycles. The zero-order valence-electron chi connectivity index (χ0n) is 25.2. The van der Waals surface area contributed by atoms with E-state index in [2.05, 4.69) is 29.6 Å². The summed E-state index contributed by atoms with van der Waals surface area (Å²) in [5.41, 5.74) is 4.88. The molecule has 43 heavy (non-hydrogen) atoms. The van der Waals surface area contributed by atoms with Crippen molar-refractivity contribution in [3.63, 3.8) is 0 Å². The second kappa shape index (κ2) is 14.1. The number of rotatable bonds is 9. The summed E-state index contributed by atoms with van der Waals surface area (Å²) in [5.74, 6) is -0.0741. The van der Waals surface area contributed by atoms with Crippen molar-refractivity contribution in [2.75, 3.05) is 43.6 Å². The number of hydrogen-bond donors (Lipinski definition) is 3. The lowest BCUT2D eigenvalue weighted by atomic mass is 9.74. The van der Waals surface area contributed by atoms with Crippen molar-refractivity contribution < 1.29 is 19.8 Å². The number of likely N-dealkylation sites (tertiary alicyclic amines) is 1. The molecule has 0 spiro atoms. The van der Waals surface area contributed by atoms with E-state index in [0.29, 0.717) is 26.1 Å². The number of urea groups is 1. The van der Waals surface area contributed by atoms with E-state index >= 15 is 0 Å². The number of hydrogen-bond acceptors (Lipinski definition) is 5. The molecule has 1 heterocycles. The van der Waals surface area contributed by atoms with Crippen LogP contribution >= 0.6 is 0 Å². The van der Waals surface area contributed by atoms with Crippen LogP contribution in [0.2, 0.25) is 0 Å². The number of amides is 3. The topological polar surface area (TPSA) is 96.3 Å². The third-order valence-corrected chi connectivity index (χ3v) is 8.89. The molecule has 0 aromatic heterocycles. The van der Waals surface area contributed by atoms with E-state index in [0.717, 1.165) is 53.7 Å². The number of nitrogens with one attached hydrogen (secondary N) is 1. The van der Waals surface area contributed by atoms with Gasteiger partial charge < -0.3 is 25.3 Å². The monoisotopic (exact) mass is 584 g/mol. The Morgan fingerprint density at radius 1 is 0.907 bits per heavy atom. The quantitative estimate of drug-likeness (QED) is 0.327. The van der Waals surface area contributed by atoms with Crippen LogP contribution in [0, 0.1) is 5.92 Å². The van der Waals surface area contributed by atoms with E-state index in [1.165, 1.54) is 0 Å². The number of β-amino-alcohol motifs (C(OH)–C–C–N with tert-alkyl or cyclic N) is 1. The number of carbonyl (C=O) groups is 2. The van der Waals surface area contributed by atoms with Gasteiger partial charge in [0, 0.05) is 44.5 Å². The molecule has 4 atom stereocenters. The minimum absolute atomic E-state index is 0.0116. The summed E-state index contributed by atoms with van der Waals surface area (Å²) in [6.45, 7) is 1.14. The van der Waals surface area contributed by atoms with Gasteiger partial charge in [0.15, 0.2) is 0 Å². The lowest BCUT2D eigenvalue weighted by Crippen LogP contribution is -2.42. The van der Waals surface area contributed by atoms with Gasteiger partial charge in [0.25, 0.3) is 0 Å². The highest BCUT2D eigenvalue weighted by Crippen LogP contribution is 2.38. The van der Waals surface area contributed by atoms with Crippen molar-refractivity contribution in [1.82, 2.24) is 10.2 Å². The van der Waals surface area contributed by atoms with Gasteiger partial charge in [-0.05, 0) is 66.1 Å². The van der Waals surface area contributed by atoms with Crippen molar-refractivity contribution in [2.24, 2.45) is 5.92 Å². The van der Waals surface area contributed by atoms with Crippen LogP contribution in [-0.4, -0.2) is 66.9 Å². The maximum Gasteiger partial charge on any atom is 0.324 e. The van der Waals surface area contributed by atoms with E-state index in [-0.39, 0.29) is 30.4 Å². The minimum atomic E-state index is -0.484. The molecule has 4 unspecified atom stereocenters. The average molecular weight is 585 g/mol. The summed E-state index contributed by atoms with van der Waals surface area (Å²) in [6, 6.07) is 25.3. The predicted molar refractivity (Wildman–Crippen MR) is 170 cm³/mol. The predicted octanol–water partition coefficient (Wildman–Crippen LogP) is 5.07. The van der Waals surface area contributed by atoms with E-state index in [4.69, 9.17) is 0 Å². The highest BCUT2D eigenvalue weighted by Gasteiger charge is 2.33. The van der Waals surface area contributed by atoms with E-state index in [9.17, 15) is 19.8 Å². The first-order valence-electron chi connectivity index (χ1n) is 15.4. The summed E-state index contributed by atoms with van der Waals surface area (Å²) < 4.78 is 0. The van der Waals surface area contributed by atoms with Crippen LogP contribution in [0.4, 0.5) is 16.2 Å². The van der Waals surface area contributed by atoms with Crippen LogP contribution in [0.5, 0.6) is 0 Å². The summed E-state index contributed by atoms with van der Waals surface area (Å²) in [6.07, 6.45) is 3.95. The molecule has 5 rings (SSSR count). The van der Waals surface area contributed by atoms with Crippen LogP contribution in [-0.2, 0) is 11.3 Å². The summed E-state index contributed by atoms with van der Waals surface area (Å²) in [7, 11) is 3.97. The first kappa shape index (κ1) is 30.6. The Balaban J connectivity index is 1.32. The maximum absolute atomic E-state index is 13.6. The minimum Gasteiger partial charge on any atom is -0.394 e. The van der Waals surface area contributed by atoms with Gasteiger partial charge in [-0.25, -0.2) is 4.79 Å². The fraction of sp³-hybridized carbons (Fsp3) is 0.429. The van der Waals surface area contributed by atoms with E-state index < -0.39 is 12.1 Å². The first-order valence-corrected chi connectivity index (χ1v) is 15.4. The number of aliphatic hydroxyl groups excluding tert-OH is 2. The SMILES string of the molecule is CN(C)c1ccc(N(Cc2ccc(C3CCCCC3C(=O)NC(CO)c3ccccc3)cc2)C(=O)N2CCC(O)C2)cc1. The lowest BCUT2D eigenvalue weighted by molar-refractivity contribution is -0.127. The molecule has 1 aliphatic carbocycles. The third-order valence-electron chi connectivity index (χ3n) is 8.89. The van der Waals surface area contributed by atoms with Gasteiger partial charge in [-0.3, -0.25) is 9.69 Å². The van der Waals surface area contributed by atoms with Crippen molar-refractivity contribution in [1.29, 1.82) is 0 Å². The molecule has 3 N–H and O–H groups in total. The van der Waals surface area contributed by atoms with Gasteiger partial charge in [-0.1, -0.05) is 67.4 Å². The third kappa shape index (κ3) is 7.37. The Hall–Kier alpha value is -3.88. The normalized spacial score (nSPS) is 20.8. The zero-order chi connectivity index (χ0) is 30.3. The molecule has 2 fully saturated rings. The van der Waals surface area contributed by atoms with Crippen LogP contribution in [0.15, 0.2) is 78.9 Å². The first-order chi connectivity index (χ1) is 20.8. The molecule has 3 aromatic carbocycles. The second-order valence-corrected chi connectivity index (χ2v) is 12.1. The van der Waals surface area contributed by atoms with Gasteiger partial charge in [0.05, 0.1) is 25.3 Å². The summed E-state index contributed by atoms with van der Waals surface area (Å²) >= 11 is 0. The van der Waals surface area contributed by atoms with E-state index in [1.807, 2.05) is 73.6 Å². The van der Waals surface area contributed by atoms with Gasteiger partial charge in [0.2, 0.25) is 5.91 Å². The van der Waals surface area contributed by atoms with Crippen LogP contribution in [0.25, 0.3) is 0 Å². The molecule has 2 aliphatic rings. The molecular formula is C35H44N4O4. The summed E-state index contributed by atoms with van der Waals surface area (Å²) in [5, 5.41) is 23.2. The van der Waals surface area contributed by atoms with Gasteiger partial charge in [-0.15, -0.1) is 0 Å². The Kier molecular flexibility index (Phi) is 10.00. The molecule has 3 amide bonds.